The van der Waals surface area contributed by atoms with Crippen molar-refractivity contribution in [1.82, 2.24) is 51.6 Å². The third-order valence-electron chi connectivity index (χ3n) is 11.1. The predicted molar refractivity (Wildman–Crippen MR) is 236 cm³/mol. The first-order chi connectivity index (χ1) is 30.2. The van der Waals surface area contributed by atoms with Gasteiger partial charge in [0.2, 0.25) is 29.5 Å². The molecule has 0 radical (unpaired) electrons. The Morgan fingerprint density at radius 2 is 1.44 bits per heavy atom. The molecule has 17 heteroatoms. The quantitative estimate of drug-likeness (QED) is 0.109. The van der Waals surface area contributed by atoms with Crippen molar-refractivity contribution in [2.75, 3.05) is 20.2 Å². The van der Waals surface area contributed by atoms with Crippen LogP contribution in [0.1, 0.15) is 62.5 Å². The summed E-state index contributed by atoms with van der Waals surface area (Å²) in [5.41, 5.74) is 2.93. The molecule has 0 saturated carbocycles. The van der Waals surface area contributed by atoms with Crippen LogP contribution in [0.15, 0.2) is 85.3 Å². The molecule has 5 aromatic rings. The van der Waals surface area contributed by atoms with Crippen molar-refractivity contribution in [3.63, 3.8) is 0 Å². The first-order valence-corrected chi connectivity index (χ1v) is 21.1. The summed E-state index contributed by atoms with van der Waals surface area (Å²) >= 11 is 0. The first kappa shape index (κ1) is 45.5. The van der Waals surface area contributed by atoms with Gasteiger partial charge < -0.3 is 41.2 Å². The van der Waals surface area contributed by atoms with E-state index in [1.807, 2.05) is 52.0 Å². The van der Waals surface area contributed by atoms with Crippen LogP contribution in [0.3, 0.4) is 0 Å². The van der Waals surface area contributed by atoms with Crippen LogP contribution in [0.2, 0.25) is 0 Å². The minimum Gasteiger partial charge on any atom is -0.497 e. The molecule has 0 bridgehead atoms. The lowest BCUT2D eigenvalue weighted by molar-refractivity contribution is -0.135. The highest BCUT2D eigenvalue weighted by atomic mass is 16.5. The lowest BCUT2D eigenvalue weighted by Gasteiger charge is -2.32. The summed E-state index contributed by atoms with van der Waals surface area (Å²) in [6, 6.07) is 16.0. The van der Waals surface area contributed by atoms with Crippen molar-refractivity contribution in [3.8, 4) is 17.1 Å². The van der Waals surface area contributed by atoms with Crippen molar-refractivity contribution >= 4 is 46.3 Å². The molecular weight excluding hydrogens is 805 g/mol. The maximum atomic E-state index is 14.7. The number of methoxy groups -OCH3 is 1. The van der Waals surface area contributed by atoms with Crippen LogP contribution >= 0.6 is 0 Å². The molecule has 0 unspecified atom stereocenters. The molecule has 6 amide bonds. The number of ether oxygens (including phenoxy) is 1. The van der Waals surface area contributed by atoms with Crippen molar-refractivity contribution in [2.24, 2.45) is 11.8 Å². The number of rotatable bonds is 10. The summed E-state index contributed by atoms with van der Waals surface area (Å²) in [4.78, 5) is 94.6. The molecule has 3 aromatic carbocycles. The maximum Gasteiger partial charge on any atom is 0.255 e. The van der Waals surface area contributed by atoms with Gasteiger partial charge in [0.1, 0.15) is 36.2 Å². The van der Waals surface area contributed by atoms with Gasteiger partial charge in [-0.2, -0.15) is 5.10 Å². The molecule has 17 nitrogen and oxygen atoms in total. The van der Waals surface area contributed by atoms with Gasteiger partial charge in [-0.15, -0.1) is 0 Å². The van der Waals surface area contributed by atoms with E-state index in [2.05, 4.69) is 46.7 Å². The van der Waals surface area contributed by atoms with Gasteiger partial charge in [-0.1, -0.05) is 76.2 Å². The van der Waals surface area contributed by atoms with Gasteiger partial charge in [0.25, 0.3) is 5.91 Å². The van der Waals surface area contributed by atoms with E-state index in [4.69, 9.17) is 4.74 Å². The summed E-state index contributed by atoms with van der Waals surface area (Å²) in [7, 11) is 1.54. The van der Waals surface area contributed by atoms with Crippen LogP contribution in [-0.4, -0.2) is 111 Å². The zero-order chi connectivity index (χ0) is 45.2. The Hall–Kier alpha value is -7.04. The average molecular weight is 861 g/mol. The number of nitrogens with one attached hydrogen (secondary N) is 7. The highest BCUT2D eigenvalue weighted by Crippen LogP contribution is 2.23. The fraction of sp³-hybridized carbons (Fsp3) is 0.391. The average Bonchev–Trinajstić information content (AvgIpc) is 3.95. The zero-order valence-electron chi connectivity index (χ0n) is 36.4. The number of carbonyl (C=O) groups excluding carboxylic acids is 6. The second-order valence-electron chi connectivity index (χ2n) is 16.6. The lowest BCUT2D eigenvalue weighted by atomic mass is 9.99. The second kappa shape index (κ2) is 20.7. The maximum absolute atomic E-state index is 14.7. The molecule has 332 valence electrons. The van der Waals surface area contributed by atoms with Crippen LogP contribution in [-0.2, 0) is 36.8 Å². The monoisotopic (exact) mass is 860 g/mol. The van der Waals surface area contributed by atoms with E-state index in [-0.39, 0.29) is 43.2 Å². The van der Waals surface area contributed by atoms with Crippen molar-refractivity contribution in [2.45, 2.75) is 84.1 Å². The lowest BCUT2D eigenvalue weighted by Crippen LogP contribution is -2.60. The van der Waals surface area contributed by atoms with Crippen LogP contribution in [0.5, 0.6) is 5.75 Å². The number of amides is 6. The number of aromatic nitrogens is 4. The molecule has 0 spiro atoms. The number of fused-ring (bicyclic) bond motifs is 1. The third-order valence-corrected chi connectivity index (χ3v) is 11.1. The molecule has 1 fully saturated rings. The minimum absolute atomic E-state index is 0.0327. The Labute approximate surface area is 365 Å². The molecular formula is C46H56N10O7. The Morgan fingerprint density at radius 1 is 0.778 bits per heavy atom. The van der Waals surface area contributed by atoms with E-state index >= 15 is 0 Å². The van der Waals surface area contributed by atoms with E-state index in [0.717, 1.165) is 16.5 Å². The Balaban J connectivity index is 1.40. The van der Waals surface area contributed by atoms with Crippen molar-refractivity contribution in [1.29, 1.82) is 0 Å². The Bertz CT molecular complexity index is 2400. The highest BCUT2D eigenvalue weighted by Gasteiger charge is 2.34. The van der Waals surface area contributed by atoms with Gasteiger partial charge in [0.05, 0.1) is 19.2 Å². The van der Waals surface area contributed by atoms with Gasteiger partial charge in [0, 0.05) is 48.1 Å². The number of nitrogens with zero attached hydrogens (tertiary/aromatic N) is 3. The Kier molecular flexibility index (Phi) is 14.9. The summed E-state index contributed by atoms with van der Waals surface area (Å²) in [6.45, 7) is 8.42. The Morgan fingerprint density at radius 3 is 2.14 bits per heavy atom. The second-order valence-corrected chi connectivity index (χ2v) is 16.6. The largest absolute Gasteiger partial charge is 0.497 e. The topological polar surface area (TPSA) is 232 Å². The normalized spacial score (nSPS) is 20.9. The number of hydrogen-bond acceptors (Lipinski definition) is 9. The summed E-state index contributed by atoms with van der Waals surface area (Å²) in [5.74, 6) is -3.01. The fourth-order valence-electron chi connectivity index (χ4n) is 7.55. The smallest absolute Gasteiger partial charge is 0.255 e. The number of hydrogen-bond donors (Lipinski definition) is 7. The molecule has 3 heterocycles. The van der Waals surface area contributed by atoms with Crippen LogP contribution in [0.4, 0.5) is 0 Å². The van der Waals surface area contributed by atoms with Crippen LogP contribution in [0, 0.1) is 11.8 Å². The van der Waals surface area contributed by atoms with E-state index in [1.54, 1.807) is 61.8 Å². The number of carbonyl (C=O) groups is 6. The van der Waals surface area contributed by atoms with Crippen molar-refractivity contribution in [3.05, 3.63) is 102 Å². The first-order valence-electron chi connectivity index (χ1n) is 21.1. The molecule has 1 aliphatic heterocycles. The molecule has 5 atom stereocenters. The fourth-order valence-corrected chi connectivity index (χ4v) is 7.55. The molecule has 7 N–H and O–H groups in total. The van der Waals surface area contributed by atoms with Gasteiger partial charge >= 0.3 is 0 Å². The summed E-state index contributed by atoms with van der Waals surface area (Å²) in [6.07, 6.45) is 3.37. The molecule has 0 aliphatic carbocycles. The third kappa shape index (κ3) is 11.7. The van der Waals surface area contributed by atoms with E-state index in [1.165, 1.54) is 18.2 Å². The molecule has 1 saturated heterocycles. The van der Waals surface area contributed by atoms with E-state index in [0.29, 0.717) is 22.7 Å². The molecule has 6 rings (SSSR count). The summed E-state index contributed by atoms with van der Waals surface area (Å²) < 4.78 is 5.30. The van der Waals surface area contributed by atoms with E-state index < -0.39 is 72.2 Å². The van der Waals surface area contributed by atoms with E-state index in [9.17, 15) is 28.8 Å². The van der Waals surface area contributed by atoms with Crippen molar-refractivity contribution < 1.29 is 33.5 Å². The molecule has 1 aliphatic rings. The summed E-state index contributed by atoms with van der Waals surface area (Å²) in [5, 5.41) is 21.9. The minimum atomic E-state index is -1.21. The standard InChI is InChI=1S/C46H56N10O7/c1-26(2)19-36-44(60)53-37(20-29-15-17-31(63-6)18-16-29)43(59)50-28(5)42(58)54-39(27(3)4)23-56(46(62)34-13-8-7-12-33(34)41-48-25-49-55-41)24-40(57)51-38(45(61)52-36)21-30-22-47-35-14-10-9-11-32(30)35/h7-18,22,25-28,36-39,47H,19-21,23-24H2,1-6H3,(H,50,59)(H,51,57)(H,52,61)(H,53,60)(H,54,58)(H,48,49,55)/t28-,36+,37+,38-,39-/m1/s1. The number of benzene rings is 3. The van der Waals surface area contributed by atoms with Gasteiger partial charge in [-0.25, -0.2) is 4.98 Å². The van der Waals surface area contributed by atoms with Gasteiger partial charge in [-0.3, -0.25) is 33.9 Å². The van der Waals surface area contributed by atoms with Crippen LogP contribution < -0.4 is 31.3 Å². The highest BCUT2D eigenvalue weighted by molar-refractivity contribution is 6.02. The number of aromatic amines is 2. The van der Waals surface area contributed by atoms with Crippen LogP contribution in [0.25, 0.3) is 22.3 Å². The predicted octanol–water partition coefficient (Wildman–Crippen LogP) is 3.05. The zero-order valence-corrected chi connectivity index (χ0v) is 36.4. The SMILES string of the molecule is COc1ccc(C[C@@H]2NC(=O)[C@H](CC(C)C)NC(=O)[C@@H](Cc3c[nH]c4ccccc34)NC(=O)CN(C(=O)c3ccccc3-c3ncn[nH]3)C[C@H](C(C)C)NC(=O)[C@@H](C)NC2=O)cc1. The molecule has 63 heavy (non-hydrogen) atoms. The number of H-pyrrole nitrogens is 2. The molecule has 2 aromatic heterocycles. The van der Waals surface area contributed by atoms with Gasteiger partial charge in [-0.05, 0) is 60.6 Å². The van der Waals surface area contributed by atoms with Gasteiger partial charge in [0.15, 0.2) is 5.82 Å². The number of para-hydroxylation sites is 1.